The van der Waals surface area contributed by atoms with E-state index < -0.39 is 17.9 Å². The van der Waals surface area contributed by atoms with Crippen LogP contribution in [0.5, 0.6) is 5.75 Å². The van der Waals surface area contributed by atoms with Crippen LogP contribution in [0.1, 0.15) is 30.1 Å². The summed E-state index contributed by atoms with van der Waals surface area (Å²) in [7, 11) is 1.54. The van der Waals surface area contributed by atoms with Gasteiger partial charge in [0, 0.05) is 18.7 Å². The van der Waals surface area contributed by atoms with Crippen molar-refractivity contribution in [2.24, 2.45) is 0 Å². The van der Waals surface area contributed by atoms with Gasteiger partial charge in [0.15, 0.2) is 5.11 Å². The van der Waals surface area contributed by atoms with Crippen LogP contribution >= 0.6 is 12.2 Å². The van der Waals surface area contributed by atoms with Gasteiger partial charge in [-0.05, 0) is 42.9 Å². The van der Waals surface area contributed by atoms with Gasteiger partial charge in [-0.15, -0.1) is 0 Å². The van der Waals surface area contributed by atoms with Gasteiger partial charge >= 0.3 is 5.97 Å². The fraction of sp³-hybridized carbons (Fsp3) is 0.444. The van der Waals surface area contributed by atoms with Crippen LogP contribution < -0.4 is 15.4 Å². The van der Waals surface area contributed by atoms with Gasteiger partial charge in [-0.1, -0.05) is 6.92 Å². The molecule has 1 aliphatic heterocycles. The van der Waals surface area contributed by atoms with Gasteiger partial charge in [-0.25, -0.2) is 0 Å². The van der Waals surface area contributed by atoms with Gasteiger partial charge in [0.2, 0.25) is 5.91 Å². The number of carbonyl (C=O) groups is 3. The highest BCUT2D eigenvalue weighted by atomic mass is 32.1. The first-order chi connectivity index (χ1) is 13.0. The van der Waals surface area contributed by atoms with E-state index in [9.17, 15) is 14.4 Å². The molecule has 1 heterocycles. The number of piperazine rings is 1. The Balaban J connectivity index is 2.03. The predicted octanol–water partition coefficient (Wildman–Crippen LogP) is 0.854. The summed E-state index contributed by atoms with van der Waals surface area (Å²) in [5, 5.41) is 5.41. The summed E-state index contributed by atoms with van der Waals surface area (Å²) in [4.78, 5) is 38.0. The molecule has 0 unspecified atom stereocenters. The van der Waals surface area contributed by atoms with E-state index in [0.717, 1.165) is 0 Å². The predicted molar refractivity (Wildman–Crippen MR) is 102 cm³/mol. The number of thiocarbonyl (C=S) groups is 1. The Morgan fingerprint density at radius 1 is 1.33 bits per heavy atom. The normalized spacial score (nSPS) is 16.3. The second-order valence-corrected chi connectivity index (χ2v) is 6.30. The maximum absolute atomic E-state index is 12.4. The summed E-state index contributed by atoms with van der Waals surface area (Å²) in [5.41, 5.74) is 0.401. The van der Waals surface area contributed by atoms with E-state index in [0.29, 0.717) is 37.4 Å². The van der Waals surface area contributed by atoms with E-state index in [4.69, 9.17) is 21.7 Å². The zero-order valence-corrected chi connectivity index (χ0v) is 16.1. The fourth-order valence-electron chi connectivity index (χ4n) is 2.58. The maximum atomic E-state index is 12.4. The largest absolute Gasteiger partial charge is 0.497 e. The average molecular weight is 393 g/mol. The molecule has 9 heteroatoms. The van der Waals surface area contributed by atoms with E-state index in [-0.39, 0.29) is 17.4 Å². The molecule has 0 aromatic heterocycles. The van der Waals surface area contributed by atoms with Gasteiger partial charge in [0.1, 0.15) is 11.8 Å². The van der Waals surface area contributed by atoms with Gasteiger partial charge in [0.05, 0.1) is 20.1 Å². The third-order valence-electron chi connectivity index (χ3n) is 3.99. The van der Waals surface area contributed by atoms with Crippen molar-refractivity contribution in [2.75, 3.05) is 26.8 Å². The lowest BCUT2D eigenvalue weighted by Gasteiger charge is -2.36. The lowest BCUT2D eigenvalue weighted by Crippen LogP contribution is -2.60. The topological polar surface area (TPSA) is 97.0 Å². The maximum Gasteiger partial charge on any atom is 0.308 e. The smallest absolute Gasteiger partial charge is 0.308 e. The molecular formula is C18H23N3O5S. The molecule has 1 aromatic carbocycles. The summed E-state index contributed by atoms with van der Waals surface area (Å²) in [6.45, 7) is 2.94. The van der Waals surface area contributed by atoms with Gasteiger partial charge in [0.25, 0.3) is 5.91 Å². The number of methoxy groups -OCH3 is 1. The van der Waals surface area contributed by atoms with Crippen molar-refractivity contribution in [1.82, 2.24) is 15.5 Å². The number of hydrogen-bond acceptors (Lipinski definition) is 6. The van der Waals surface area contributed by atoms with Gasteiger partial charge in [-0.2, -0.15) is 0 Å². The molecule has 0 radical (unpaired) electrons. The van der Waals surface area contributed by atoms with E-state index in [1.807, 2.05) is 6.92 Å². The molecule has 1 fully saturated rings. The van der Waals surface area contributed by atoms with Crippen molar-refractivity contribution in [2.45, 2.75) is 25.8 Å². The summed E-state index contributed by atoms with van der Waals surface area (Å²) in [6, 6.07) is 5.74. The highest BCUT2D eigenvalue weighted by molar-refractivity contribution is 7.80. The molecule has 1 saturated heterocycles. The minimum atomic E-state index is -0.813. The third-order valence-corrected chi connectivity index (χ3v) is 4.33. The highest BCUT2D eigenvalue weighted by Crippen LogP contribution is 2.13. The first-order valence-corrected chi connectivity index (χ1v) is 9.06. The number of benzene rings is 1. The number of esters is 1. The summed E-state index contributed by atoms with van der Waals surface area (Å²) >= 11 is 5.31. The summed E-state index contributed by atoms with van der Waals surface area (Å²) < 4.78 is 10.1. The summed E-state index contributed by atoms with van der Waals surface area (Å²) in [5.74, 6) is -0.572. The van der Waals surface area contributed by atoms with Crippen molar-refractivity contribution >= 4 is 35.1 Å². The van der Waals surface area contributed by atoms with Crippen LogP contribution in [-0.4, -0.2) is 60.6 Å². The number of amides is 2. The third kappa shape index (κ3) is 5.65. The van der Waals surface area contributed by atoms with E-state index in [2.05, 4.69) is 10.6 Å². The molecule has 0 saturated carbocycles. The number of nitrogens with one attached hydrogen (secondary N) is 2. The second-order valence-electron chi connectivity index (χ2n) is 5.91. The van der Waals surface area contributed by atoms with Crippen LogP contribution in [0.2, 0.25) is 0 Å². The molecule has 1 atom stereocenters. The molecular weight excluding hydrogens is 370 g/mol. The fourth-order valence-corrected chi connectivity index (χ4v) is 2.89. The quantitative estimate of drug-likeness (QED) is 0.546. The summed E-state index contributed by atoms with van der Waals surface area (Å²) in [6.07, 6.45) is 0.563. The molecule has 1 aromatic rings. The first-order valence-electron chi connectivity index (χ1n) is 8.65. The Hall–Kier alpha value is -2.68. The minimum Gasteiger partial charge on any atom is -0.497 e. The zero-order chi connectivity index (χ0) is 19.8. The van der Waals surface area contributed by atoms with Crippen LogP contribution in [-0.2, 0) is 14.3 Å². The molecule has 27 heavy (non-hydrogen) atoms. The molecule has 0 aliphatic carbocycles. The van der Waals surface area contributed by atoms with Gasteiger partial charge < -0.3 is 19.7 Å². The van der Waals surface area contributed by atoms with Crippen molar-refractivity contribution in [3.8, 4) is 5.75 Å². The van der Waals surface area contributed by atoms with Crippen LogP contribution in [0.15, 0.2) is 24.3 Å². The number of hydrogen-bond donors (Lipinski definition) is 2. The lowest BCUT2D eigenvalue weighted by atomic mass is 10.1. The first kappa shape index (κ1) is 20.6. The van der Waals surface area contributed by atoms with E-state index in [1.165, 1.54) is 7.11 Å². The van der Waals surface area contributed by atoms with Crippen molar-refractivity contribution in [3.63, 3.8) is 0 Å². The Bertz CT molecular complexity index is 707. The van der Waals surface area contributed by atoms with Crippen LogP contribution in [0.3, 0.4) is 0 Å². The standard InChI is InChI=1S/C18H23N3O5S/c1-3-10-26-15(22)11-14-17(24)19-8-9-21(14)18(27)20-16(23)12-4-6-13(25-2)7-5-12/h4-7,14H,3,8-11H2,1-2H3,(H,19,24)(H,20,23,27)/t14-/m1/s1. The molecule has 2 rings (SSSR count). The number of nitrogens with zero attached hydrogens (tertiary/aromatic N) is 1. The Morgan fingerprint density at radius 2 is 2.04 bits per heavy atom. The van der Waals surface area contributed by atoms with Crippen LogP contribution in [0, 0.1) is 0 Å². The number of ether oxygens (including phenoxy) is 2. The van der Waals surface area contributed by atoms with E-state index in [1.54, 1.807) is 29.2 Å². The zero-order valence-electron chi connectivity index (χ0n) is 15.3. The molecule has 146 valence electrons. The highest BCUT2D eigenvalue weighted by Gasteiger charge is 2.34. The Morgan fingerprint density at radius 3 is 2.67 bits per heavy atom. The number of rotatable bonds is 6. The monoisotopic (exact) mass is 393 g/mol. The average Bonchev–Trinajstić information content (AvgIpc) is 2.67. The molecule has 2 amide bonds. The van der Waals surface area contributed by atoms with Crippen molar-refractivity contribution < 1.29 is 23.9 Å². The van der Waals surface area contributed by atoms with E-state index >= 15 is 0 Å². The molecule has 2 N–H and O–H groups in total. The van der Waals surface area contributed by atoms with Crippen LogP contribution in [0.25, 0.3) is 0 Å². The van der Waals surface area contributed by atoms with Crippen molar-refractivity contribution in [3.05, 3.63) is 29.8 Å². The van der Waals surface area contributed by atoms with Crippen molar-refractivity contribution in [1.29, 1.82) is 0 Å². The van der Waals surface area contributed by atoms with Crippen LogP contribution in [0.4, 0.5) is 0 Å². The Kier molecular flexibility index (Phi) is 7.54. The second kappa shape index (κ2) is 9.86. The molecule has 0 spiro atoms. The van der Waals surface area contributed by atoms with Gasteiger partial charge in [-0.3, -0.25) is 19.7 Å². The molecule has 0 bridgehead atoms. The SMILES string of the molecule is CCCOC(=O)C[C@@H]1C(=O)NCCN1C(=S)NC(=O)c1ccc(OC)cc1. The molecule has 1 aliphatic rings. The Labute approximate surface area is 163 Å². The molecule has 8 nitrogen and oxygen atoms in total. The minimum absolute atomic E-state index is 0.0963. The lowest BCUT2D eigenvalue weighted by molar-refractivity contribution is -0.147. The number of carbonyl (C=O) groups excluding carboxylic acids is 3.